The summed E-state index contributed by atoms with van der Waals surface area (Å²) in [5.74, 6) is 0. The molecular formula is C52H30OS. The molecule has 12 aromatic rings. The molecule has 2 aromatic heterocycles. The number of para-hydroxylation sites is 1. The molecule has 0 saturated carbocycles. The highest BCUT2D eigenvalue weighted by atomic mass is 32.1. The van der Waals surface area contributed by atoms with Gasteiger partial charge in [-0.1, -0.05) is 146 Å². The second-order valence-corrected chi connectivity index (χ2v) is 15.5. The van der Waals surface area contributed by atoms with Crippen molar-refractivity contribution in [2.75, 3.05) is 0 Å². The fourth-order valence-corrected chi connectivity index (χ4v) is 10.1. The smallest absolute Gasteiger partial charge is 0.143 e. The molecular weight excluding hydrogens is 673 g/mol. The van der Waals surface area contributed by atoms with E-state index in [4.69, 9.17) is 4.42 Å². The van der Waals surface area contributed by atoms with Crippen LogP contribution in [0.25, 0.3) is 119 Å². The van der Waals surface area contributed by atoms with Gasteiger partial charge in [0.15, 0.2) is 0 Å². The minimum Gasteiger partial charge on any atom is -0.455 e. The van der Waals surface area contributed by atoms with E-state index in [-0.39, 0.29) is 0 Å². The lowest BCUT2D eigenvalue weighted by atomic mass is 9.85. The van der Waals surface area contributed by atoms with Crippen molar-refractivity contribution in [2.24, 2.45) is 0 Å². The monoisotopic (exact) mass is 702 g/mol. The van der Waals surface area contributed by atoms with Crippen molar-refractivity contribution in [1.29, 1.82) is 0 Å². The second kappa shape index (κ2) is 11.4. The molecule has 0 radical (unpaired) electrons. The van der Waals surface area contributed by atoms with E-state index in [0.29, 0.717) is 0 Å². The minimum absolute atomic E-state index is 0.920. The van der Waals surface area contributed by atoms with Gasteiger partial charge in [0.2, 0.25) is 0 Å². The number of hydrogen-bond donors (Lipinski definition) is 0. The fourth-order valence-electron chi connectivity index (χ4n) is 8.96. The van der Waals surface area contributed by atoms with Crippen LogP contribution in [-0.2, 0) is 0 Å². The van der Waals surface area contributed by atoms with Gasteiger partial charge in [-0.25, -0.2) is 0 Å². The molecule has 0 unspecified atom stereocenters. The predicted octanol–water partition coefficient (Wildman–Crippen LogP) is 15.6. The molecule has 0 atom stereocenters. The number of thiophene rings is 1. The van der Waals surface area contributed by atoms with E-state index in [2.05, 4.69) is 182 Å². The van der Waals surface area contributed by atoms with Crippen LogP contribution in [0.2, 0.25) is 0 Å². The van der Waals surface area contributed by atoms with Crippen LogP contribution >= 0.6 is 11.3 Å². The third kappa shape index (κ3) is 4.32. The summed E-state index contributed by atoms with van der Waals surface area (Å²) in [5, 5.41) is 14.8. The van der Waals surface area contributed by atoms with Crippen LogP contribution in [-0.4, -0.2) is 0 Å². The first-order valence-electron chi connectivity index (χ1n) is 18.5. The van der Waals surface area contributed by atoms with Gasteiger partial charge in [0.25, 0.3) is 0 Å². The lowest BCUT2D eigenvalue weighted by molar-refractivity contribution is 0.673. The van der Waals surface area contributed by atoms with Crippen molar-refractivity contribution in [3.05, 3.63) is 182 Å². The summed E-state index contributed by atoms with van der Waals surface area (Å²) in [6, 6.07) is 66.9. The van der Waals surface area contributed by atoms with E-state index in [0.717, 1.165) is 27.3 Å². The van der Waals surface area contributed by atoms with Crippen molar-refractivity contribution in [1.82, 2.24) is 0 Å². The standard InChI is InChI=1S/C52H30OS/c1-2-12-34-27-35(26-21-31(34)11-1)51-40-17-5-3-15-38(40)50(39-16-4-6-18-41(39)51)33-24-22-32(23-25-33)42-28-45-36-13-7-9-19-47(36)53-52(45)46-30-49-44(29-43(42)46)37-14-8-10-20-48(37)54-49/h1-30H. The van der Waals surface area contributed by atoms with Crippen LogP contribution in [0, 0.1) is 0 Å². The molecule has 0 aliphatic carbocycles. The average Bonchev–Trinajstić information content (AvgIpc) is 3.80. The number of hydrogen-bond acceptors (Lipinski definition) is 2. The van der Waals surface area contributed by atoms with Crippen LogP contribution < -0.4 is 0 Å². The maximum atomic E-state index is 6.61. The fraction of sp³-hybridized carbons (Fsp3) is 0. The van der Waals surface area contributed by atoms with Crippen molar-refractivity contribution in [3.8, 4) is 33.4 Å². The Labute approximate surface area is 314 Å². The Bertz CT molecular complexity index is 3430. The average molecular weight is 703 g/mol. The summed E-state index contributed by atoms with van der Waals surface area (Å²) in [5.41, 5.74) is 9.28. The number of furan rings is 1. The number of benzene rings is 10. The minimum atomic E-state index is 0.920. The summed E-state index contributed by atoms with van der Waals surface area (Å²) in [7, 11) is 0. The van der Waals surface area contributed by atoms with Gasteiger partial charge in [-0.3, -0.25) is 0 Å². The lowest BCUT2D eigenvalue weighted by Crippen LogP contribution is -1.91. The Morgan fingerprint density at radius 3 is 1.61 bits per heavy atom. The van der Waals surface area contributed by atoms with Gasteiger partial charge in [0.05, 0.1) is 0 Å². The predicted molar refractivity (Wildman–Crippen MR) is 233 cm³/mol. The molecule has 12 rings (SSSR count). The summed E-state index contributed by atoms with van der Waals surface area (Å²) >= 11 is 1.85. The maximum Gasteiger partial charge on any atom is 0.143 e. The van der Waals surface area contributed by atoms with Gasteiger partial charge in [0, 0.05) is 36.3 Å². The summed E-state index contributed by atoms with van der Waals surface area (Å²) < 4.78 is 9.19. The second-order valence-electron chi connectivity index (χ2n) is 14.4. The van der Waals surface area contributed by atoms with Crippen molar-refractivity contribution < 1.29 is 4.42 Å². The third-order valence-electron chi connectivity index (χ3n) is 11.4. The normalized spacial score (nSPS) is 12.1. The van der Waals surface area contributed by atoms with Gasteiger partial charge in [-0.05, 0) is 107 Å². The first-order chi connectivity index (χ1) is 26.8. The Kier molecular flexibility index (Phi) is 6.28. The first kappa shape index (κ1) is 29.8. The highest BCUT2D eigenvalue weighted by Crippen LogP contribution is 2.47. The van der Waals surface area contributed by atoms with E-state index < -0.39 is 0 Å². The molecule has 1 nitrogen and oxygen atoms in total. The molecule has 54 heavy (non-hydrogen) atoms. The summed E-state index contributed by atoms with van der Waals surface area (Å²) in [4.78, 5) is 0. The Morgan fingerprint density at radius 2 is 0.870 bits per heavy atom. The van der Waals surface area contributed by atoms with Crippen LogP contribution in [0.1, 0.15) is 0 Å². The topological polar surface area (TPSA) is 13.1 Å². The molecule has 2 heterocycles. The molecule has 0 aliphatic heterocycles. The molecule has 0 bridgehead atoms. The van der Waals surface area contributed by atoms with E-state index in [1.54, 1.807) is 0 Å². The van der Waals surface area contributed by atoms with Crippen LogP contribution in [0.5, 0.6) is 0 Å². The molecule has 0 saturated heterocycles. The van der Waals surface area contributed by atoms with Crippen molar-refractivity contribution in [2.45, 2.75) is 0 Å². The number of rotatable bonds is 3. The largest absolute Gasteiger partial charge is 0.455 e. The molecule has 250 valence electrons. The van der Waals surface area contributed by atoms with Crippen LogP contribution in [0.3, 0.4) is 0 Å². The molecule has 0 spiro atoms. The SMILES string of the molecule is c1ccc2cc(-c3c4ccccc4c(-c4ccc(-c5cc6c7ccccc7oc6c6cc7sc8ccccc8c7cc56)cc4)c4ccccc34)ccc2c1. The van der Waals surface area contributed by atoms with Crippen LogP contribution in [0.4, 0.5) is 0 Å². The highest BCUT2D eigenvalue weighted by molar-refractivity contribution is 7.25. The molecule has 10 aromatic carbocycles. The maximum absolute atomic E-state index is 6.61. The molecule has 0 amide bonds. The zero-order chi connectivity index (χ0) is 35.3. The lowest BCUT2D eigenvalue weighted by Gasteiger charge is -2.18. The third-order valence-corrected chi connectivity index (χ3v) is 12.6. The van der Waals surface area contributed by atoms with Gasteiger partial charge in [-0.2, -0.15) is 0 Å². The highest BCUT2D eigenvalue weighted by Gasteiger charge is 2.19. The summed E-state index contributed by atoms with van der Waals surface area (Å²) in [6.45, 7) is 0. The Morgan fingerprint density at radius 1 is 0.315 bits per heavy atom. The molecule has 0 aliphatic rings. The quantitative estimate of drug-likeness (QED) is 0.167. The molecule has 2 heteroatoms. The number of fused-ring (bicyclic) bond motifs is 11. The first-order valence-corrected chi connectivity index (χ1v) is 19.3. The zero-order valence-corrected chi connectivity index (χ0v) is 30.0. The van der Waals surface area contributed by atoms with E-state index in [9.17, 15) is 0 Å². The van der Waals surface area contributed by atoms with E-state index >= 15 is 0 Å². The van der Waals surface area contributed by atoms with Gasteiger partial charge < -0.3 is 4.42 Å². The van der Waals surface area contributed by atoms with Crippen molar-refractivity contribution >= 4 is 96.5 Å². The Balaban J connectivity index is 1.09. The zero-order valence-electron chi connectivity index (χ0n) is 29.1. The summed E-state index contributed by atoms with van der Waals surface area (Å²) in [6.07, 6.45) is 0. The molecule has 0 N–H and O–H groups in total. The van der Waals surface area contributed by atoms with Crippen LogP contribution in [0.15, 0.2) is 186 Å². The molecule has 0 fully saturated rings. The van der Waals surface area contributed by atoms with E-state index in [1.165, 1.54) is 91.3 Å². The van der Waals surface area contributed by atoms with Gasteiger partial charge in [0.1, 0.15) is 11.2 Å². The van der Waals surface area contributed by atoms with Gasteiger partial charge >= 0.3 is 0 Å². The van der Waals surface area contributed by atoms with Crippen molar-refractivity contribution in [3.63, 3.8) is 0 Å². The van der Waals surface area contributed by atoms with Gasteiger partial charge in [-0.15, -0.1) is 11.3 Å². The van der Waals surface area contributed by atoms with E-state index in [1.807, 2.05) is 11.3 Å². The Hall–Kier alpha value is -6.74.